The Balaban J connectivity index is 1.80. The second-order valence-corrected chi connectivity index (χ2v) is 7.05. The standard InChI is InChI=1S/C20H26N2/c1-13(2)8-17-11-15(4-6-19(17)21)10-16-5-7-20-18(12-16)9-14(3)22-20/h4-7,11-14,22H,8-10,21H2,1-3H3. The van der Waals surface area contributed by atoms with E-state index in [2.05, 4.69) is 62.5 Å². The Labute approximate surface area is 133 Å². The van der Waals surface area contributed by atoms with Gasteiger partial charge in [0.15, 0.2) is 0 Å². The van der Waals surface area contributed by atoms with Gasteiger partial charge in [0.1, 0.15) is 0 Å². The van der Waals surface area contributed by atoms with Crippen LogP contribution in [0, 0.1) is 5.92 Å². The van der Waals surface area contributed by atoms with Gasteiger partial charge in [-0.2, -0.15) is 0 Å². The summed E-state index contributed by atoms with van der Waals surface area (Å²) >= 11 is 0. The van der Waals surface area contributed by atoms with Crippen LogP contribution < -0.4 is 11.1 Å². The van der Waals surface area contributed by atoms with Crippen molar-refractivity contribution in [3.63, 3.8) is 0 Å². The van der Waals surface area contributed by atoms with Gasteiger partial charge < -0.3 is 11.1 Å². The lowest BCUT2D eigenvalue weighted by Gasteiger charge is -2.11. The number of rotatable bonds is 4. The molecule has 1 aliphatic rings. The SMILES string of the molecule is CC(C)Cc1cc(Cc2ccc3c(c2)CC(C)N3)ccc1N. The number of nitrogens with two attached hydrogens (primary N) is 1. The maximum Gasteiger partial charge on any atom is 0.0375 e. The molecular formula is C20H26N2. The van der Waals surface area contributed by atoms with E-state index in [0.29, 0.717) is 12.0 Å². The van der Waals surface area contributed by atoms with Crippen LogP contribution in [0.25, 0.3) is 0 Å². The highest BCUT2D eigenvalue weighted by Gasteiger charge is 2.16. The average molecular weight is 294 g/mol. The van der Waals surface area contributed by atoms with E-state index in [9.17, 15) is 0 Å². The molecule has 0 aromatic heterocycles. The molecule has 0 saturated heterocycles. The summed E-state index contributed by atoms with van der Waals surface area (Å²) in [6, 6.07) is 13.9. The van der Waals surface area contributed by atoms with Crippen molar-refractivity contribution in [2.24, 2.45) is 5.92 Å². The molecule has 1 atom stereocenters. The third-order valence-corrected chi connectivity index (χ3v) is 4.34. The topological polar surface area (TPSA) is 38.0 Å². The van der Waals surface area contributed by atoms with E-state index in [0.717, 1.165) is 24.9 Å². The maximum absolute atomic E-state index is 6.11. The van der Waals surface area contributed by atoms with Gasteiger partial charge in [-0.15, -0.1) is 0 Å². The van der Waals surface area contributed by atoms with Crippen molar-refractivity contribution in [3.05, 3.63) is 58.7 Å². The molecule has 1 aliphatic heterocycles. The van der Waals surface area contributed by atoms with Crippen LogP contribution in [0.5, 0.6) is 0 Å². The molecule has 2 aromatic carbocycles. The van der Waals surface area contributed by atoms with Crippen LogP contribution in [-0.2, 0) is 19.3 Å². The molecule has 3 rings (SSSR count). The van der Waals surface area contributed by atoms with Gasteiger partial charge in [0.2, 0.25) is 0 Å². The van der Waals surface area contributed by atoms with Crippen LogP contribution in [0.2, 0.25) is 0 Å². The summed E-state index contributed by atoms with van der Waals surface area (Å²) in [6.45, 7) is 6.71. The third-order valence-electron chi connectivity index (χ3n) is 4.34. The van der Waals surface area contributed by atoms with Crippen molar-refractivity contribution in [2.75, 3.05) is 11.1 Å². The zero-order valence-electron chi connectivity index (χ0n) is 13.8. The highest BCUT2D eigenvalue weighted by Crippen LogP contribution is 2.28. The monoisotopic (exact) mass is 294 g/mol. The zero-order chi connectivity index (χ0) is 15.7. The average Bonchev–Trinajstić information content (AvgIpc) is 2.81. The smallest absolute Gasteiger partial charge is 0.0375 e. The number of hydrogen-bond donors (Lipinski definition) is 2. The summed E-state index contributed by atoms with van der Waals surface area (Å²) < 4.78 is 0. The largest absolute Gasteiger partial charge is 0.399 e. The van der Waals surface area contributed by atoms with Crippen molar-refractivity contribution < 1.29 is 0 Å². The molecule has 22 heavy (non-hydrogen) atoms. The Morgan fingerprint density at radius 1 is 1.14 bits per heavy atom. The van der Waals surface area contributed by atoms with Crippen LogP contribution in [0.1, 0.15) is 43.0 Å². The van der Waals surface area contributed by atoms with E-state index in [1.165, 1.54) is 27.9 Å². The first-order valence-electron chi connectivity index (χ1n) is 8.27. The summed E-state index contributed by atoms with van der Waals surface area (Å²) in [4.78, 5) is 0. The summed E-state index contributed by atoms with van der Waals surface area (Å²) in [5.41, 5.74) is 13.8. The molecule has 0 radical (unpaired) electrons. The molecule has 0 fully saturated rings. The lowest BCUT2D eigenvalue weighted by atomic mass is 9.96. The third kappa shape index (κ3) is 3.27. The fourth-order valence-electron chi connectivity index (χ4n) is 3.33. The minimum absolute atomic E-state index is 0.555. The van der Waals surface area contributed by atoms with Gasteiger partial charge in [0.05, 0.1) is 0 Å². The first-order chi connectivity index (χ1) is 10.5. The van der Waals surface area contributed by atoms with Gasteiger partial charge in [0, 0.05) is 17.4 Å². The molecule has 3 N–H and O–H groups in total. The molecule has 116 valence electrons. The Hall–Kier alpha value is -1.96. The molecule has 0 amide bonds. The first-order valence-corrected chi connectivity index (χ1v) is 8.27. The van der Waals surface area contributed by atoms with Gasteiger partial charge >= 0.3 is 0 Å². The molecule has 1 unspecified atom stereocenters. The zero-order valence-corrected chi connectivity index (χ0v) is 13.8. The fourth-order valence-corrected chi connectivity index (χ4v) is 3.33. The number of anilines is 2. The second-order valence-electron chi connectivity index (χ2n) is 7.05. The summed E-state index contributed by atoms with van der Waals surface area (Å²) in [7, 11) is 0. The molecule has 0 spiro atoms. The molecule has 2 aromatic rings. The molecule has 0 saturated carbocycles. The number of nitrogens with one attached hydrogen (secondary N) is 1. The summed E-state index contributed by atoms with van der Waals surface area (Å²) in [5.74, 6) is 0.630. The molecule has 2 heteroatoms. The summed E-state index contributed by atoms with van der Waals surface area (Å²) in [5, 5.41) is 3.51. The Kier molecular flexibility index (Phi) is 4.10. The van der Waals surface area contributed by atoms with Crippen molar-refractivity contribution in [1.82, 2.24) is 0 Å². The number of nitrogen functional groups attached to an aromatic ring is 1. The predicted octanol–water partition coefficient (Wildman–Crippen LogP) is 4.41. The Morgan fingerprint density at radius 2 is 1.86 bits per heavy atom. The first kappa shape index (κ1) is 15.0. The van der Waals surface area contributed by atoms with Crippen molar-refractivity contribution in [2.45, 2.75) is 46.1 Å². The van der Waals surface area contributed by atoms with Gasteiger partial charge in [-0.25, -0.2) is 0 Å². The highest BCUT2D eigenvalue weighted by molar-refractivity contribution is 5.58. The van der Waals surface area contributed by atoms with Crippen LogP contribution in [0.4, 0.5) is 11.4 Å². The minimum Gasteiger partial charge on any atom is -0.399 e. The fraction of sp³-hybridized carbons (Fsp3) is 0.400. The number of fused-ring (bicyclic) bond motifs is 1. The van der Waals surface area contributed by atoms with E-state index < -0.39 is 0 Å². The van der Waals surface area contributed by atoms with Crippen molar-refractivity contribution >= 4 is 11.4 Å². The van der Waals surface area contributed by atoms with Crippen LogP contribution in [-0.4, -0.2) is 6.04 Å². The minimum atomic E-state index is 0.555. The van der Waals surface area contributed by atoms with Crippen LogP contribution in [0.15, 0.2) is 36.4 Å². The quantitative estimate of drug-likeness (QED) is 0.819. The Bertz CT molecular complexity index is 673. The van der Waals surface area contributed by atoms with Crippen LogP contribution >= 0.6 is 0 Å². The van der Waals surface area contributed by atoms with Gasteiger partial charge in [-0.05, 0) is 66.5 Å². The van der Waals surface area contributed by atoms with E-state index >= 15 is 0 Å². The van der Waals surface area contributed by atoms with E-state index in [1.807, 2.05) is 0 Å². The van der Waals surface area contributed by atoms with Gasteiger partial charge in [-0.1, -0.05) is 38.1 Å². The number of benzene rings is 2. The molecular weight excluding hydrogens is 268 g/mol. The summed E-state index contributed by atoms with van der Waals surface area (Å²) in [6.07, 6.45) is 3.15. The lowest BCUT2D eigenvalue weighted by Crippen LogP contribution is -2.08. The molecule has 0 bridgehead atoms. The van der Waals surface area contributed by atoms with Crippen molar-refractivity contribution in [3.8, 4) is 0 Å². The normalized spacial score (nSPS) is 16.6. The Morgan fingerprint density at radius 3 is 2.64 bits per heavy atom. The molecule has 0 aliphatic carbocycles. The number of hydrogen-bond acceptors (Lipinski definition) is 2. The van der Waals surface area contributed by atoms with E-state index in [4.69, 9.17) is 5.73 Å². The van der Waals surface area contributed by atoms with E-state index in [-0.39, 0.29) is 0 Å². The van der Waals surface area contributed by atoms with E-state index in [1.54, 1.807) is 0 Å². The van der Waals surface area contributed by atoms with Gasteiger partial charge in [-0.3, -0.25) is 0 Å². The maximum atomic E-state index is 6.11. The highest BCUT2D eigenvalue weighted by atomic mass is 14.9. The molecule has 2 nitrogen and oxygen atoms in total. The van der Waals surface area contributed by atoms with Crippen molar-refractivity contribution in [1.29, 1.82) is 0 Å². The second kappa shape index (κ2) is 6.04. The molecule has 1 heterocycles. The lowest BCUT2D eigenvalue weighted by molar-refractivity contribution is 0.648. The van der Waals surface area contributed by atoms with Gasteiger partial charge in [0.25, 0.3) is 0 Å². The van der Waals surface area contributed by atoms with Crippen LogP contribution in [0.3, 0.4) is 0 Å². The predicted molar refractivity (Wildman–Crippen MR) is 95.4 cm³/mol.